The van der Waals surface area contributed by atoms with Gasteiger partial charge in [-0.25, -0.2) is 9.97 Å². The molecule has 0 radical (unpaired) electrons. The zero-order valence-electron chi connectivity index (χ0n) is 17.0. The van der Waals surface area contributed by atoms with Crippen LogP contribution in [0.15, 0.2) is 64.4 Å². The number of carbonyl (C=O) groups excluding carboxylic acids is 1. The van der Waals surface area contributed by atoms with E-state index in [-0.39, 0.29) is 5.78 Å². The van der Waals surface area contributed by atoms with Crippen LogP contribution in [-0.4, -0.2) is 36.1 Å². The van der Waals surface area contributed by atoms with Gasteiger partial charge < -0.3 is 5.32 Å². The molecule has 0 unspecified atom stereocenters. The third-order valence-electron chi connectivity index (χ3n) is 4.29. The van der Waals surface area contributed by atoms with Crippen molar-refractivity contribution in [3.8, 4) is 12.3 Å². The summed E-state index contributed by atoms with van der Waals surface area (Å²) in [5.74, 6) is 4.15. The van der Waals surface area contributed by atoms with E-state index < -0.39 is 0 Å². The number of hydrogen-bond acceptors (Lipinski definition) is 7. The minimum atomic E-state index is -0.105. The van der Waals surface area contributed by atoms with Crippen molar-refractivity contribution in [1.82, 2.24) is 24.6 Å². The third-order valence-corrected chi connectivity index (χ3v) is 5.47. The summed E-state index contributed by atoms with van der Waals surface area (Å²) in [5, 5.41) is 8.35. The summed E-state index contributed by atoms with van der Waals surface area (Å²) in [5.41, 5.74) is 2.89. The number of terminal acetylenes is 1. The lowest BCUT2D eigenvalue weighted by atomic mass is 10.1. The van der Waals surface area contributed by atoms with Gasteiger partial charge in [-0.05, 0) is 71.4 Å². The first kappa shape index (κ1) is 21.7. The molecular formula is C23H17BrN6OS. The minimum Gasteiger partial charge on any atom is -0.340 e. The lowest BCUT2D eigenvalue weighted by Gasteiger charge is -2.09. The van der Waals surface area contributed by atoms with Gasteiger partial charge in [-0.1, -0.05) is 23.7 Å². The largest absolute Gasteiger partial charge is 0.340 e. The van der Waals surface area contributed by atoms with E-state index in [2.05, 4.69) is 47.2 Å². The zero-order valence-corrected chi connectivity index (χ0v) is 19.4. The van der Waals surface area contributed by atoms with Gasteiger partial charge in [0, 0.05) is 23.0 Å². The molecule has 0 aliphatic rings. The van der Waals surface area contributed by atoms with Crippen LogP contribution in [0, 0.1) is 19.3 Å². The number of fused-ring (bicyclic) bond motifs is 1. The van der Waals surface area contributed by atoms with E-state index in [1.165, 1.54) is 17.8 Å². The molecule has 0 aliphatic carbocycles. The Hall–Kier alpha value is -3.48. The van der Waals surface area contributed by atoms with Gasteiger partial charge in [0.25, 0.3) is 5.78 Å². The van der Waals surface area contributed by atoms with E-state index in [9.17, 15) is 4.79 Å². The molecule has 0 atom stereocenters. The molecule has 3 aromatic heterocycles. The number of anilines is 2. The topological polar surface area (TPSA) is 85.1 Å². The molecule has 1 aromatic carbocycles. The highest BCUT2D eigenvalue weighted by Gasteiger charge is 2.11. The van der Waals surface area contributed by atoms with E-state index in [0.29, 0.717) is 33.8 Å². The fraction of sp³-hybridized carbons (Fsp3) is 0.0870. The van der Waals surface area contributed by atoms with Crippen LogP contribution in [0.3, 0.4) is 0 Å². The number of thioether (sulfide) groups is 1. The molecule has 0 spiro atoms. The van der Waals surface area contributed by atoms with Crippen LogP contribution in [0.25, 0.3) is 11.9 Å². The predicted octanol–water partition coefficient (Wildman–Crippen LogP) is 4.96. The Morgan fingerprint density at radius 3 is 2.78 bits per heavy atom. The summed E-state index contributed by atoms with van der Waals surface area (Å²) < 4.78 is 2.36. The molecule has 158 valence electrons. The average Bonchev–Trinajstić information content (AvgIpc) is 3.19. The number of nitrogens with zero attached hydrogens (tertiary/aromatic N) is 5. The zero-order chi connectivity index (χ0) is 22.5. The van der Waals surface area contributed by atoms with E-state index in [0.717, 1.165) is 16.0 Å². The van der Waals surface area contributed by atoms with Crippen LogP contribution in [0.5, 0.6) is 0 Å². The summed E-state index contributed by atoms with van der Waals surface area (Å²) in [6.45, 7) is 1.89. The molecular weight excluding hydrogens is 488 g/mol. The molecule has 0 bridgehead atoms. The molecule has 0 saturated carbocycles. The van der Waals surface area contributed by atoms with Crippen molar-refractivity contribution < 1.29 is 4.79 Å². The number of nitrogens with one attached hydrogen (secondary N) is 1. The van der Waals surface area contributed by atoms with Gasteiger partial charge >= 0.3 is 0 Å². The molecule has 0 amide bonds. The molecule has 0 fully saturated rings. The van der Waals surface area contributed by atoms with E-state index in [1.54, 1.807) is 22.7 Å². The maximum atomic E-state index is 12.5. The molecule has 32 heavy (non-hydrogen) atoms. The van der Waals surface area contributed by atoms with Crippen LogP contribution >= 0.6 is 27.7 Å². The summed E-state index contributed by atoms with van der Waals surface area (Å²) in [6, 6.07) is 14.6. The van der Waals surface area contributed by atoms with Crippen LogP contribution in [0.4, 0.5) is 11.5 Å². The number of ketones is 1. The summed E-state index contributed by atoms with van der Waals surface area (Å²) in [4.78, 5) is 25.6. The van der Waals surface area contributed by atoms with Crippen molar-refractivity contribution in [2.24, 2.45) is 0 Å². The lowest BCUT2D eigenvalue weighted by Crippen LogP contribution is -2.03. The molecule has 4 rings (SSSR count). The Bertz CT molecular complexity index is 1360. The molecule has 0 aliphatic heterocycles. The molecule has 3 heterocycles. The second-order valence-corrected chi connectivity index (χ2v) is 8.42. The Kier molecular flexibility index (Phi) is 6.63. The number of rotatable bonds is 7. The van der Waals surface area contributed by atoms with Crippen LogP contribution < -0.4 is 5.32 Å². The van der Waals surface area contributed by atoms with E-state index in [4.69, 9.17) is 6.42 Å². The lowest BCUT2D eigenvalue weighted by molar-refractivity contribution is 0.104. The number of carbonyl (C=O) groups is 1. The number of aromatic nitrogens is 5. The van der Waals surface area contributed by atoms with E-state index in [1.807, 2.05) is 43.3 Å². The molecule has 9 heteroatoms. The molecule has 1 N–H and O–H groups in total. The number of hydrogen-bond donors (Lipinski definition) is 1. The van der Waals surface area contributed by atoms with Crippen molar-refractivity contribution in [2.45, 2.75) is 12.1 Å². The second kappa shape index (κ2) is 9.77. The summed E-state index contributed by atoms with van der Waals surface area (Å²) in [6.07, 6.45) is 8.52. The first-order valence-corrected chi connectivity index (χ1v) is 11.3. The maximum Gasteiger partial charge on any atom is 0.255 e. The van der Waals surface area contributed by atoms with Gasteiger partial charge in [-0.15, -0.1) is 11.5 Å². The highest BCUT2D eigenvalue weighted by Crippen LogP contribution is 2.21. The summed E-state index contributed by atoms with van der Waals surface area (Å²) in [7, 11) is 0. The fourth-order valence-electron chi connectivity index (χ4n) is 2.86. The number of halogens is 1. The van der Waals surface area contributed by atoms with Gasteiger partial charge in [-0.3, -0.25) is 4.79 Å². The van der Waals surface area contributed by atoms with Gasteiger partial charge in [0.05, 0.1) is 11.4 Å². The standard InChI is InChI=1S/C23H17BrN6OS/c1-3-13-32-23-28-22-25-15(2)14-21(30(22)29-23)27-18-9-7-16(8-10-18)19(31)12-11-17-5-4-6-20(24)26-17/h1,4-12,14,27H,13H2,2H3/b12-11+. The number of benzene rings is 1. The monoisotopic (exact) mass is 504 g/mol. The second-order valence-electron chi connectivity index (χ2n) is 6.67. The smallest absolute Gasteiger partial charge is 0.255 e. The van der Waals surface area contributed by atoms with Gasteiger partial charge in [0.1, 0.15) is 10.4 Å². The SMILES string of the molecule is C#CCSc1nc2nc(C)cc(Nc3ccc(C(=O)/C=C/c4cccc(Br)n4)cc3)n2n1. The first-order valence-electron chi connectivity index (χ1n) is 9.54. The Balaban J connectivity index is 1.51. The Labute approximate surface area is 197 Å². The Morgan fingerprint density at radius 2 is 2.03 bits per heavy atom. The van der Waals surface area contributed by atoms with Gasteiger partial charge in [0.15, 0.2) is 5.78 Å². The first-order chi connectivity index (χ1) is 15.5. The normalized spacial score (nSPS) is 11.0. The van der Waals surface area contributed by atoms with Gasteiger partial charge in [-0.2, -0.15) is 9.50 Å². The minimum absolute atomic E-state index is 0.105. The summed E-state index contributed by atoms with van der Waals surface area (Å²) >= 11 is 4.70. The van der Waals surface area contributed by atoms with E-state index >= 15 is 0 Å². The number of aryl methyl sites for hydroxylation is 1. The van der Waals surface area contributed by atoms with Crippen molar-refractivity contribution in [3.05, 3.63) is 76.2 Å². The fourth-order valence-corrected chi connectivity index (χ4v) is 3.72. The molecule has 7 nitrogen and oxygen atoms in total. The van der Waals surface area contributed by atoms with Crippen LogP contribution in [-0.2, 0) is 0 Å². The molecule has 4 aromatic rings. The quantitative estimate of drug-likeness (QED) is 0.125. The predicted molar refractivity (Wildman–Crippen MR) is 130 cm³/mol. The Morgan fingerprint density at radius 1 is 1.22 bits per heavy atom. The third kappa shape index (κ3) is 5.22. The maximum absolute atomic E-state index is 12.5. The van der Waals surface area contributed by atoms with Crippen molar-refractivity contribution in [1.29, 1.82) is 0 Å². The number of pyridine rings is 1. The van der Waals surface area contributed by atoms with Crippen molar-refractivity contribution in [2.75, 3.05) is 11.1 Å². The highest BCUT2D eigenvalue weighted by molar-refractivity contribution is 9.10. The average molecular weight is 505 g/mol. The van der Waals surface area contributed by atoms with Crippen LogP contribution in [0.1, 0.15) is 21.7 Å². The van der Waals surface area contributed by atoms with Gasteiger partial charge in [0.2, 0.25) is 5.16 Å². The van der Waals surface area contributed by atoms with Crippen LogP contribution in [0.2, 0.25) is 0 Å². The van der Waals surface area contributed by atoms with Crippen molar-refractivity contribution in [3.63, 3.8) is 0 Å². The molecule has 0 saturated heterocycles. The highest BCUT2D eigenvalue weighted by atomic mass is 79.9. The number of allylic oxidation sites excluding steroid dienone is 1. The van der Waals surface area contributed by atoms with Crippen molar-refractivity contribution >= 4 is 56.8 Å².